The van der Waals surface area contributed by atoms with Crippen molar-refractivity contribution in [2.45, 2.75) is 13.0 Å². The van der Waals surface area contributed by atoms with Gasteiger partial charge in [-0.15, -0.1) is 0 Å². The van der Waals surface area contributed by atoms with Crippen molar-refractivity contribution in [2.75, 3.05) is 0 Å². The maximum atomic E-state index is 13.6. The van der Waals surface area contributed by atoms with Crippen LogP contribution in [-0.2, 0) is 0 Å². The molecule has 0 saturated heterocycles. The Morgan fingerprint density at radius 3 is 2.26 bits per heavy atom. The van der Waals surface area contributed by atoms with Crippen LogP contribution in [0.3, 0.4) is 0 Å². The Morgan fingerprint density at radius 2 is 1.68 bits per heavy atom. The highest BCUT2D eigenvalue weighted by atomic mass is 35.5. The normalized spacial score (nSPS) is 12.5. The van der Waals surface area contributed by atoms with Crippen molar-refractivity contribution in [2.24, 2.45) is 5.84 Å². The zero-order chi connectivity index (χ0) is 14.0. The summed E-state index contributed by atoms with van der Waals surface area (Å²) in [5.41, 5.74) is 4.80. The molecule has 1 atom stereocenters. The van der Waals surface area contributed by atoms with E-state index in [0.29, 0.717) is 15.6 Å². The van der Waals surface area contributed by atoms with Gasteiger partial charge < -0.3 is 0 Å². The molecular formula is C14H13Cl2FN2. The Bertz CT molecular complexity index is 550. The van der Waals surface area contributed by atoms with Gasteiger partial charge in [-0.05, 0) is 41.8 Å². The van der Waals surface area contributed by atoms with E-state index in [1.54, 1.807) is 31.2 Å². The highest BCUT2D eigenvalue weighted by molar-refractivity contribution is 6.42. The molecule has 0 aliphatic carbocycles. The number of benzene rings is 2. The van der Waals surface area contributed by atoms with Crippen molar-refractivity contribution in [1.29, 1.82) is 0 Å². The first-order chi connectivity index (χ1) is 9.02. The zero-order valence-electron chi connectivity index (χ0n) is 10.3. The minimum absolute atomic E-state index is 0.266. The maximum Gasteiger partial charge on any atom is 0.126 e. The number of hydrogen-bond donors (Lipinski definition) is 2. The Balaban J connectivity index is 2.43. The van der Waals surface area contributed by atoms with E-state index in [9.17, 15) is 4.39 Å². The summed E-state index contributed by atoms with van der Waals surface area (Å²) < 4.78 is 13.6. The highest BCUT2D eigenvalue weighted by Crippen LogP contribution is 2.29. The van der Waals surface area contributed by atoms with Crippen molar-refractivity contribution >= 4 is 23.2 Å². The van der Waals surface area contributed by atoms with E-state index in [1.165, 1.54) is 6.07 Å². The van der Waals surface area contributed by atoms with Gasteiger partial charge in [0.25, 0.3) is 0 Å². The number of nitrogens with two attached hydrogens (primary N) is 1. The first kappa shape index (κ1) is 14.3. The first-order valence-corrected chi connectivity index (χ1v) is 6.45. The molecular weight excluding hydrogens is 286 g/mol. The smallest absolute Gasteiger partial charge is 0.126 e. The average molecular weight is 299 g/mol. The maximum absolute atomic E-state index is 13.6. The largest absolute Gasteiger partial charge is 0.271 e. The van der Waals surface area contributed by atoms with E-state index in [1.807, 2.05) is 6.07 Å². The van der Waals surface area contributed by atoms with E-state index in [4.69, 9.17) is 29.0 Å². The summed E-state index contributed by atoms with van der Waals surface area (Å²) in [5, 5.41) is 0.906. The van der Waals surface area contributed by atoms with Gasteiger partial charge in [0.2, 0.25) is 0 Å². The highest BCUT2D eigenvalue weighted by Gasteiger charge is 2.15. The number of nitrogens with one attached hydrogen (secondary N) is 1. The molecule has 0 heterocycles. The molecule has 0 spiro atoms. The summed E-state index contributed by atoms with van der Waals surface area (Å²) in [4.78, 5) is 0. The Hall–Kier alpha value is -1.13. The molecule has 0 radical (unpaired) electrons. The van der Waals surface area contributed by atoms with Gasteiger partial charge in [0.1, 0.15) is 5.82 Å². The van der Waals surface area contributed by atoms with Gasteiger partial charge in [0, 0.05) is 0 Å². The summed E-state index contributed by atoms with van der Waals surface area (Å²) in [6.07, 6.45) is 0. The van der Waals surface area contributed by atoms with Gasteiger partial charge in [-0.1, -0.05) is 41.4 Å². The molecule has 2 rings (SSSR count). The molecule has 0 saturated carbocycles. The van der Waals surface area contributed by atoms with Crippen molar-refractivity contribution in [3.8, 4) is 0 Å². The second kappa shape index (κ2) is 5.88. The van der Waals surface area contributed by atoms with Crippen LogP contribution in [0.1, 0.15) is 22.7 Å². The predicted octanol–water partition coefficient (Wildman–Crippen LogP) is 3.99. The van der Waals surface area contributed by atoms with Crippen LogP contribution in [-0.4, -0.2) is 0 Å². The van der Waals surface area contributed by atoms with Crippen LogP contribution < -0.4 is 11.3 Å². The van der Waals surface area contributed by atoms with Crippen LogP contribution in [0.5, 0.6) is 0 Å². The van der Waals surface area contributed by atoms with Crippen LogP contribution in [0, 0.1) is 12.7 Å². The van der Waals surface area contributed by atoms with Gasteiger partial charge in [-0.25, -0.2) is 9.82 Å². The van der Waals surface area contributed by atoms with Crippen molar-refractivity contribution in [1.82, 2.24) is 5.43 Å². The molecule has 3 N–H and O–H groups in total. The van der Waals surface area contributed by atoms with Crippen LogP contribution in [0.4, 0.5) is 4.39 Å². The lowest BCUT2D eigenvalue weighted by atomic mass is 9.98. The standard InChI is InChI=1S/C14H13Cl2FN2/c1-8-2-3-10(7-13(8)17)14(19-18)9-4-5-11(15)12(16)6-9/h2-7,14,19H,18H2,1H3. The van der Waals surface area contributed by atoms with Crippen LogP contribution >= 0.6 is 23.2 Å². The monoisotopic (exact) mass is 298 g/mol. The molecule has 2 nitrogen and oxygen atoms in total. The quantitative estimate of drug-likeness (QED) is 0.664. The van der Waals surface area contributed by atoms with Gasteiger partial charge in [-0.2, -0.15) is 0 Å². The first-order valence-electron chi connectivity index (χ1n) is 5.70. The fourth-order valence-electron chi connectivity index (χ4n) is 1.87. The molecule has 19 heavy (non-hydrogen) atoms. The third-order valence-electron chi connectivity index (χ3n) is 2.97. The molecule has 0 bridgehead atoms. The van der Waals surface area contributed by atoms with Crippen molar-refractivity contribution < 1.29 is 4.39 Å². The van der Waals surface area contributed by atoms with Gasteiger partial charge >= 0.3 is 0 Å². The van der Waals surface area contributed by atoms with E-state index in [-0.39, 0.29) is 11.9 Å². The number of hydrazine groups is 1. The molecule has 0 aliphatic rings. The molecule has 2 aromatic carbocycles. The number of halogens is 3. The third-order valence-corrected chi connectivity index (χ3v) is 3.71. The minimum Gasteiger partial charge on any atom is -0.271 e. The lowest BCUT2D eigenvalue weighted by molar-refractivity contribution is 0.599. The molecule has 0 aliphatic heterocycles. The predicted molar refractivity (Wildman–Crippen MR) is 76.8 cm³/mol. The summed E-state index contributed by atoms with van der Waals surface area (Å²) in [6.45, 7) is 1.71. The van der Waals surface area contributed by atoms with Gasteiger partial charge in [-0.3, -0.25) is 5.84 Å². The van der Waals surface area contributed by atoms with E-state index >= 15 is 0 Å². The number of aryl methyl sites for hydroxylation is 1. The number of rotatable bonds is 3. The lowest BCUT2D eigenvalue weighted by Crippen LogP contribution is -2.29. The Kier molecular flexibility index (Phi) is 4.42. The zero-order valence-corrected chi connectivity index (χ0v) is 11.8. The molecule has 0 fully saturated rings. The van der Waals surface area contributed by atoms with E-state index < -0.39 is 0 Å². The van der Waals surface area contributed by atoms with E-state index in [0.717, 1.165) is 11.1 Å². The van der Waals surface area contributed by atoms with Crippen LogP contribution in [0.2, 0.25) is 10.0 Å². The molecule has 1 unspecified atom stereocenters. The summed E-state index contributed by atoms with van der Waals surface area (Å²) in [7, 11) is 0. The molecule has 100 valence electrons. The van der Waals surface area contributed by atoms with Gasteiger partial charge in [0.15, 0.2) is 0 Å². The number of hydrogen-bond acceptors (Lipinski definition) is 2. The SMILES string of the molecule is Cc1ccc(C(NN)c2ccc(Cl)c(Cl)c2)cc1F. The topological polar surface area (TPSA) is 38.0 Å². The van der Waals surface area contributed by atoms with Crippen LogP contribution in [0.25, 0.3) is 0 Å². The Labute approximate surface area is 121 Å². The second-order valence-corrected chi connectivity index (χ2v) is 5.10. The fourth-order valence-corrected chi connectivity index (χ4v) is 2.17. The van der Waals surface area contributed by atoms with Crippen molar-refractivity contribution in [3.05, 3.63) is 69.0 Å². The molecule has 5 heteroatoms. The lowest BCUT2D eigenvalue weighted by Gasteiger charge is -2.18. The van der Waals surface area contributed by atoms with E-state index in [2.05, 4.69) is 5.43 Å². The second-order valence-electron chi connectivity index (χ2n) is 4.28. The molecule has 0 amide bonds. The molecule has 2 aromatic rings. The molecule has 0 aromatic heterocycles. The Morgan fingerprint density at radius 1 is 1.05 bits per heavy atom. The third kappa shape index (κ3) is 3.07. The van der Waals surface area contributed by atoms with Gasteiger partial charge in [0.05, 0.1) is 16.1 Å². The van der Waals surface area contributed by atoms with Crippen LogP contribution in [0.15, 0.2) is 36.4 Å². The average Bonchev–Trinajstić information content (AvgIpc) is 2.39. The summed E-state index contributed by atoms with van der Waals surface area (Å²) >= 11 is 11.9. The summed E-state index contributed by atoms with van der Waals surface area (Å²) in [6, 6.07) is 9.86. The summed E-state index contributed by atoms with van der Waals surface area (Å²) in [5.74, 6) is 5.30. The minimum atomic E-state index is -0.343. The van der Waals surface area contributed by atoms with Crippen molar-refractivity contribution in [3.63, 3.8) is 0 Å². The fraction of sp³-hybridized carbons (Fsp3) is 0.143.